The van der Waals surface area contributed by atoms with Crippen LogP contribution in [-0.4, -0.2) is 29.0 Å². The van der Waals surface area contributed by atoms with E-state index in [0.29, 0.717) is 19.8 Å². The molecule has 0 fully saturated rings. The molecule has 2 N–H and O–H groups in total. The van der Waals surface area contributed by atoms with Crippen LogP contribution in [0.25, 0.3) is 0 Å². The van der Waals surface area contributed by atoms with Gasteiger partial charge in [-0.25, -0.2) is 0 Å². The Balaban J connectivity index is 1.90. The van der Waals surface area contributed by atoms with Crippen molar-refractivity contribution in [3.8, 4) is 5.75 Å². The first kappa shape index (κ1) is 10.8. The van der Waals surface area contributed by atoms with Crippen LogP contribution in [0.15, 0.2) is 6.07 Å². The number of benzene rings is 1. The molecule has 1 aromatic rings. The molecule has 0 saturated heterocycles. The Morgan fingerprint density at radius 2 is 2.11 bits per heavy atom. The number of fused-ring (bicyclic) bond motifs is 2. The molecule has 0 saturated carbocycles. The van der Waals surface area contributed by atoms with Crippen molar-refractivity contribution >= 4 is 0 Å². The van der Waals surface area contributed by atoms with E-state index in [1.165, 1.54) is 5.56 Å². The average molecular weight is 250 g/mol. The zero-order chi connectivity index (χ0) is 12.3. The molecule has 0 bridgehead atoms. The molecule has 0 radical (unpaired) electrons. The predicted molar refractivity (Wildman–Crippen MR) is 60.0 cm³/mol. The Morgan fingerprint density at radius 3 is 2.94 bits per heavy atom. The third-order valence-electron chi connectivity index (χ3n) is 3.99. The fourth-order valence-corrected chi connectivity index (χ4v) is 3.07. The molecule has 3 heterocycles. The van der Waals surface area contributed by atoms with Crippen molar-refractivity contribution in [1.82, 2.24) is 0 Å². The molecular formula is C13H14O5. The predicted octanol–water partition coefficient (Wildman–Crippen LogP) is 0.402. The minimum absolute atomic E-state index is 0.219. The van der Waals surface area contributed by atoms with E-state index in [0.717, 1.165) is 22.4 Å². The fourth-order valence-electron chi connectivity index (χ4n) is 3.07. The van der Waals surface area contributed by atoms with Gasteiger partial charge in [0.25, 0.3) is 0 Å². The summed E-state index contributed by atoms with van der Waals surface area (Å²) < 4.78 is 16.8. The van der Waals surface area contributed by atoms with Crippen LogP contribution in [0.1, 0.15) is 28.4 Å². The Labute approximate surface area is 104 Å². The largest absolute Gasteiger partial charge is 0.485 e. The third kappa shape index (κ3) is 1.25. The summed E-state index contributed by atoms with van der Waals surface area (Å²) in [7, 11) is 0. The second-order valence-corrected chi connectivity index (χ2v) is 4.96. The summed E-state index contributed by atoms with van der Waals surface area (Å²) >= 11 is 0. The highest BCUT2D eigenvalue weighted by Crippen LogP contribution is 2.48. The van der Waals surface area contributed by atoms with E-state index in [4.69, 9.17) is 14.2 Å². The van der Waals surface area contributed by atoms with Crippen molar-refractivity contribution in [3.63, 3.8) is 0 Å². The van der Waals surface area contributed by atoms with Gasteiger partial charge < -0.3 is 24.4 Å². The van der Waals surface area contributed by atoms with Crippen molar-refractivity contribution in [2.24, 2.45) is 0 Å². The van der Waals surface area contributed by atoms with E-state index in [9.17, 15) is 10.2 Å². The number of aliphatic hydroxyl groups is 2. The maximum absolute atomic E-state index is 10.1. The van der Waals surface area contributed by atoms with Gasteiger partial charge in [-0.1, -0.05) is 0 Å². The zero-order valence-electron chi connectivity index (χ0n) is 9.76. The van der Waals surface area contributed by atoms with Crippen molar-refractivity contribution in [2.45, 2.75) is 38.1 Å². The smallest absolute Gasteiger partial charge is 0.150 e. The van der Waals surface area contributed by atoms with Gasteiger partial charge in [0, 0.05) is 5.56 Å². The molecule has 0 aromatic heterocycles. The molecule has 18 heavy (non-hydrogen) atoms. The molecule has 96 valence electrons. The van der Waals surface area contributed by atoms with E-state index < -0.39 is 12.2 Å². The SMILES string of the molecule is OC[C@H]1Oc2cc3c(c4c2[C@@H](OC4)[C@@H]1O)COC3. The normalized spacial score (nSPS) is 32.0. The van der Waals surface area contributed by atoms with Crippen molar-refractivity contribution < 1.29 is 24.4 Å². The topological polar surface area (TPSA) is 68.2 Å². The van der Waals surface area contributed by atoms with Gasteiger partial charge in [0.15, 0.2) is 6.10 Å². The third-order valence-corrected chi connectivity index (χ3v) is 3.99. The van der Waals surface area contributed by atoms with Crippen molar-refractivity contribution in [2.75, 3.05) is 6.61 Å². The second kappa shape index (κ2) is 3.68. The van der Waals surface area contributed by atoms with Gasteiger partial charge in [0.05, 0.1) is 26.4 Å². The fraction of sp³-hybridized carbons (Fsp3) is 0.538. The molecular weight excluding hydrogens is 236 g/mol. The number of aliphatic hydroxyl groups excluding tert-OH is 2. The maximum atomic E-state index is 10.1. The summed E-state index contributed by atoms with van der Waals surface area (Å²) in [5, 5.41) is 19.4. The van der Waals surface area contributed by atoms with Crippen LogP contribution in [0, 0.1) is 0 Å². The van der Waals surface area contributed by atoms with Crippen molar-refractivity contribution in [1.29, 1.82) is 0 Å². The lowest BCUT2D eigenvalue weighted by atomic mass is 9.90. The van der Waals surface area contributed by atoms with E-state index in [2.05, 4.69) is 0 Å². The number of ether oxygens (including phenoxy) is 3. The maximum Gasteiger partial charge on any atom is 0.150 e. The zero-order valence-corrected chi connectivity index (χ0v) is 9.76. The molecule has 0 unspecified atom stereocenters. The molecule has 0 amide bonds. The first-order chi connectivity index (χ1) is 8.79. The average Bonchev–Trinajstić information content (AvgIpc) is 2.99. The molecule has 3 aliphatic heterocycles. The Morgan fingerprint density at radius 1 is 1.22 bits per heavy atom. The summed E-state index contributed by atoms with van der Waals surface area (Å²) in [6.45, 7) is 1.46. The highest BCUT2D eigenvalue weighted by Gasteiger charge is 2.44. The van der Waals surface area contributed by atoms with E-state index in [1.54, 1.807) is 0 Å². The van der Waals surface area contributed by atoms with E-state index >= 15 is 0 Å². The first-order valence-corrected chi connectivity index (χ1v) is 6.12. The summed E-state index contributed by atoms with van der Waals surface area (Å²) in [5.74, 6) is 0.723. The van der Waals surface area contributed by atoms with E-state index in [1.807, 2.05) is 6.07 Å². The molecule has 5 nitrogen and oxygen atoms in total. The van der Waals surface area contributed by atoms with Crippen LogP contribution in [0.4, 0.5) is 0 Å². The summed E-state index contributed by atoms with van der Waals surface area (Å²) in [5.41, 5.74) is 4.34. The molecule has 5 heteroatoms. The van der Waals surface area contributed by atoms with Gasteiger partial charge >= 0.3 is 0 Å². The lowest BCUT2D eigenvalue weighted by Gasteiger charge is -2.33. The number of rotatable bonds is 1. The standard InChI is InChI=1S/C13H14O5/c14-2-10-12(15)13-11-8(5-17-13)7-4-16-3-6(7)1-9(11)18-10/h1,10,12-15H,2-5H2/t10-,12-,13-/m1/s1. The quantitative estimate of drug-likeness (QED) is 0.755. The van der Waals surface area contributed by atoms with Crippen LogP contribution in [0.3, 0.4) is 0 Å². The Kier molecular flexibility index (Phi) is 2.20. The summed E-state index contributed by atoms with van der Waals surface area (Å²) in [6, 6.07) is 1.96. The second-order valence-electron chi connectivity index (χ2n) is 4.96. The van der Waals surface area contributed by atoms with Crippen LogP contribution in [0.2, 0.25) is 0 Å². The summed E-state index contributed by atoms with van der Waals surface area (Å²) in [6.07, 6.45) is -1.82. The summed E-state index contributed by atoms with van der Waals surface area (Å²) in [4.78, 5) is 0. The van der Waals surface area contributed by atoms with Crippen molar-refractivity contribution in [3.05, 3.63) is 28.3 Å². The van der Waals surface area contributed by atoms with Gasteiger partial charge in [0.1, 0.15) is 18.0 Å². The van der Waals surface area contributed by atoms with Gasteiger partial charge in [-0.3, -0.25) is 0 Å². The molecule has 0 aliphatic carbocycles. The molecule has 3 aliphatic rings. The minimum Gasteiger partial charge on any atom is -0.485 e. The van der Waals surface area contributed by atoms with Gasteiger partial charge in [-0.05, 0) is 22.8 Å². The van der Waals surface area contributed by atoms with E-state index in [-0.39, 0.29) is 12.7 Å². The Bertz CT molecular complexity index is 513. The molecule has 3 atom stereocenters. The highest BCUT2D eigenvalue weighted by atomic mass is 16.5. The number of hydrogen-bond acceptors (Lipinski definition) is 5. The first-order valence-electron chi connectivity index (χ1n) is 6.12. The minimum atomic E-state index is -0.816. The highest BCUT2D eigenvalue weighted by molar-refractivity contribution is 5.54. The van der Waals surface area contributed by atoms with Gasteiger partial charge in [-0.2, -0.15) is 0 Å². The van der Waals surface area contributed by atoms with Crippen LogP contribution in [-0.2, 0) is 29.3 Å². The van der Waals surface area contributed by atoms with Gasteiger partial charge in [0.2, 0.25) is 0 Å². The molecule has 0 spiro atoms. The molecule has 1 aromatic carbocycles. The van der Waals surface area contributed by atoms with Crippen LogP contribution < -0.4 is 4.74 Å². The Hall–Kier alpha value is -1.14. The monoisotopic (exact) mass is 250 g/mol. The van der Waals surface area contributed by atoms with Crippen LogP contribution >= 0.6 is 0 Å². The van der Waals surface area contributed by atoms with Gasteiger partial charge in [-0.15, -0.1) is 0 Å². The van der Waals surface area contributed by atoms with Crippen LogP contribution in [0.5, 0.6) is 5.75 Å². The molecule has 4 rings (SSSR count). The lowest BCUT2D eigenvalue weighted by molar-refractivity contribution is -0.103. The number of hydrogen-bond donors (Lipinski definition) is 2. The lowest BCUT2D eigenvalue weighted by Crippen LogP contribution is -2.42.